The Morgan fingerprint density at radius 3 is 3.05 bits per heavy atom. The zero-order valence-electron chi connectivity index (χ0n) is 12.3. The van der Waals surface area contributed by atoms with Crippen molar-refractivity contribution in [3.63, 3.8) is 0 Å². The molecule has 1 aliphatic rings. The Morgan fingerprint density at radius 1 is 1.47 bits per heavy atom. The van der Waals surface area contributed by atoms with Gasteiger partial charge in [0.05, 0.1) is 6.20 Å². The maximum Gasteiger partial charge on any atom is 0.247 e. The van der Waals surface area contributed by atoms with Crippen LogP contribution in [0.1, 0.15) is 39.5 Å². The normalized spacial score (nSPS) is 19.5. The van der Waals surface area contributed by atoms with E-state index in [1.807, 2.05) is 0 Å². The molecule has 5 heteroatoms. The highest BCUT2D eigenvalue weighted by molar-refractivity contribution is 5.41. The van der Waals surface area contributed by atoms with Crippen LogP contribution in [0.5, 0.6) is 0 Å². The van der Waals surface area contributed by atoms with Crippen LogP contribution < -0.4 is 9.80 Å². The van der Waals surface area contributed by atoms with Crippen molar-refractivity contribution >= 4 is 11.8 Å². The van der Waals surface area contributed by atoms with Crippen molar-refractivity contribution in [1.82, 2.24) is 15.2 Å². The lowest BCUT2D eigenvalue weighted by molar-refractivity contribution is 0.441. The lowest BCUT2D eigenvalue weighted by Crippen LogP contribution is -2.36. The Kier molecular flexibility index (Phi) is 4.93. The first-order valence-corrected chi connectivity index (χ1v) is 7.36. The van der Waals surface area contributed by atoms with Crippen LogP contribution in [0.25, 0.3) is 0 Å². The standard InChI is InChI=1S/C14H25N5/c1-4-5-8-18(3)13-10-15-17-14(16-13)19-9-6-7-12(2)11-19/h10,12H,4-9,11H2,1-3H3. The van der Waals surface area contributed by atoms with Gasteiger partial charge < -0.3 is 9.80 Å². The van der Waals surface area contributed by atoms with Gasteiger partial charge in [-0.1, -0.05) is 20.3 Å². The Bertz CT molecular complexity index is 395. The van der Waals surface area contributed by atoms with Gasteiger partial charge in [-0.25, -0.2) is 0 Å². The van der Waals surface area contributed by atoms with E-state index >= 15 is 0 Å². The summed E-state index contributed by atoms with van der Waals surface area (Å²) in [6.07, 6.45) is 6.66. The maximum absolute atomic E-state index is 4.66. The largest absolute Gasteiger partial charge is 0.358 e. The van der Waals surface area contributed by atoms with Crippen LogP contribution in [-0.2, 0) is 0 Å². The summed E-state index contributed by atoms with van der Waals surface area (Å²) in [5.41, 5.74) is 0. The number of piperidine rings is 1. The molecule has 1 atom stereocenters. The second kappa shape index (κ2) is 6.68. The number of aromatic nitrogens is 3. The highest BCUT2D eigenvalue weighted by Crippen LogP contribution is 2.20. The van der Waals surface area contributed by atoms with Crippen LogP contribution >= 0.6 is 0 Å². The number of rotatable bonds is 5. The number of unbranched alkanes of at least 4 members (excludes halogenated alkanes) is 1. The van der Waals surface area contributed by atoms with Gasteiger partial charge >= 0.3 is 0 Å². The smallest absolute Gasteiger partial charge is 0.247 e. The average molecular weight is 263 g/mol. The summed E-state index contributed by atoms with van der Waals surface area (Å²) >= 11 is 0. The fraction of sp³-hybridized carbons (Fsp3) is 0.786. The predicted octanol–water partition coefficient (Wildman–Crippen LogP) is 2.34. The second-order valence-corrected chi connectivity index (χ2v) is 5.58. The summed E-state index contributed by atoms with van der Waals surface area (Å²) in [6.45, 7) is 7.60. The lowest BCUT2D eigenvalue weighted by atomic mass is 10.0. The molecular weight excluding hydrogens is 238 g/mol. The van der Waals surface area contributed by atoms with Crippen molar-refractivity contribution in [2.45, 2.75) is 39.5 Å². The van der Waals surface area contributed by atoms with E-state index in [1.165, 1.54) is 25.7 Å². The van der Waals surface area contributed by atoms with Gasteiger partial charge in [0, 0.05) is 26.7 Å². The van der Waals surface area contributed by atoms with Gasteiger partial charge in [-0.15, -0.1) is 5.10 Å². The van der Waals surface area contributed by atoms with Gasteiger partial charge in [-0.2, -0.15) is 10.1 Å². The molecule has 0 N–H and O–H groups in total. The third kappa shape index (κ3) is 3.78. The Morgan fingerprint density at radius 2 is 2.32 bits per heavy atom. The molecular formula is C14H25N5. The first-order valence-electron chi connectivity index (χ1n) is 7.36. The number of anilines is 2. The summed E-state index contributed by atoms with van der Waals surface area (Å²) in [6, 6.07) is 0. The minimum atomic E-state index is 0.721. The number of hydrogen-bond acceptors (Lipinski definition) is 5. The Labute approximate surface area is 116 Å². The third-order valence-electron chi connectivity index (χ3n) is 3.71. The first-order chi connectivity index (χ1) is 9.20. The minimum absolute atomic E-state index is 0.721. The van der Waals surface area contributed by atoms with E-state index in [0.717, 1.165) is 37.3 Å². The molecule has 0 radical (unpaired) electrons. The zero-order chi connectivity index (χ0) is 13.7. The number of hydrogen-bond donors (Lipinski definition) is 0. The van der Waals surface area contributed by atoms with Crippen molar-refractivity contribution in [2.24, 2.45) is 5.92 Å². The molecule has 1 saturated heterocycles. The van der Waals surface area contributed by atoms with Crippen molar-refractivity contribution < 1.29 is 0 Å². The summed E-state index contributed by atoms with van der Waals surface area (Å²) in [5, 5.41) is 8.32. The van der Waals surface area contributed by atoms with Gasteiger partial charge in [-0.3, -0.25) is 0 Å². The monoisotopic (exact) mass is 263 g/mol. The van der Waals surface area contributed by atoms with Crippen LogP contribution in [0.2, 0.25) is 0 Å². The molecule has 1 aromatic rings. The van der Waals surface area contributed by atoms with Crippen molar-refractivity contribution in [2.75, 3.05) is 36.5 Å². The molecule has 2 heterocycles. The second-order valence-electron chi connectivity index (χ2n) is 5.58. The topological polar surface area (TPSA) is 45.2 Å². The fourth-order valence-corrected chi connectivity index (χ4v) is 2.48. The van der Waals surface area contributed by atoms with E-state index in [0.29, 0.717) is 0 Å². The summed E-state index contributed by atoms with van der Waals surface area (Å²) in [5.74, 6) is 2.43. The lowest BCUT2D eigenvalue weighted by Gasteiger charge is -2.31. The molecule has 0 aliphatic carbocycles. The van der Waals surface area contributed by atoms with E-state index in [4.69, 9.17) is 0 Å². The van der Waals surface area contributed by atoms with Gasteiger partial charge in [0.1, 0.15) is 0 Å². The average Bonchev–Trinajstić information content (AvgIpc) is 2.45. The molecule has 1 fully saturated rings. The van der Waals surface area contributed by atoms with Gasteiger partial charge in [0.2, 0.25) is 5.95 Å². The zero-order valence-corrected chi connectivity index (χ0v) is 12.3. The predicted molar refractivity (Wildman–Crippen MR) is 78.6 cm³/mol. The van der Waals surface area contributed by atoms with Crippen molar-refractivity contribution in [3.8, 4) is 0 Å². The van der Waals surface area contributed by atoms with Crippen LogP contribution in [0.15, 0.2) is 6.20 Å². The highest BCUT2D eigenvalue weighted by Gasteiger charge is 2.19. The molecule has 0 aromatic carbocycles. The van der Waals surface area contributed by atoms with E-state index in [-0.39, 0.29) is 0 Å². The van der Waals surface area contributed by atoms with E-state index in [2.05, 4.69) is 45.9 Å². The van der Waals surface area contributed by atoms with Crippen LogP contribution in [0.4, 0.5) is 11.8 Å². The first kappa shape index (κ1) is 14.0. The van der Waals surface area contributed by atoms with E-state index < -0.39 is 0 Å². The molecule has 0 spiro atoms. The minimum Gasteiger partial charge on any atom is -0.358 e. The van der Waals surface area contributed by atoms with Crippen LogP contribution in [0, 0.1) is 5.92 Å². The Balaban J connectivity index is 2.05. The van der Waals surface area contributed by atoms with Crippen molar-refractivity contribution in [3.05, 3.63) is 6.20 Å². The van der Waals surface area contributed by atoms with Gasteiger partial charge in [-0.05, 0) is 25.2 Å². The molecule has 5 nitrogen and oxygen atoms in total. The molecule has 1 aliphatic heterocycles. The summed E-state index contributed by atoms with van der Waals surface area (Å²) in [7, 11) is 2.07. The maximum atomic E-state index is 4.66. The Hall–Kier alpha value is -1.39. The van der Waals surface area contributed by atoms with E-state index in [1.54, 1.807) is 6.20 Å². The molecule has 0 amide bonds. The summed E-state index contributed by atoms with van der Waals surface area (Å²) < 4.78 is 0. The van der Waals surface area contributed by atoms with Gasteiger partial charge in [0.15, 0.2) is 5.82 Å². The highest BCUT2D eigenvalue weighted by atomic mass is 15.3. The van der Waals surface area contributed by atoms with E-state index in [9.17, 15) is 0 Å². The van der Waals surface area contributed by atoms with Crippen LogP contribution in [-0.4, -0.2) is 41.9 Å². The quantitative estimate of drug-likeness (QED) is 0.816. The molecule has 2 rings (SSSR count). The summed E-state index contributed by atoms with van der Waals surface area (Å²) in [4.78, 5) is 9.09. The SMILES string of the molecule is CCCCN(C)c1cnnc(N2CCCC(C)C2)n1. The molecule has 106 valence electrons. The number of nitrogens with zero attached hydrogens (tertiary/aromatic N) is 5. The molecule has 1 unspecified atom stereocenters. The molecule has 0 saturated carbocycles. The molecule has 19 heavy (non-hydrogen) atoms. The van der Waals surface area contributed by atoms with Crippen molar-refractivity contribution in [1.29, 1.82) is 0 Å². The molecule has 1 aromatic heterocycles. The van der Waals surface area contributed by atoms with Gasteiger partial charge in [0.25, 0.3) is 0 Å². The van der Waals surface area contributed by atoms with Crippen LogP contribution in [0.3, 0.4) is 0 Å². The fourth-order valence-electron chi connectivity index (χ4n) is 2.48. The third-order valence-corrected chi connectivity index (χ3v) is 3.71. The molecule has 0 bridgehead atoms.